The molecule has 0 unspecified atom stereocenters. The van der Waals surface area contributed by atoms with Crippen molar-refractivity contribution < 1.29 is 0 Å². The summed E-state index contributed by atoms with van der Waals surface area (Å²) in [6.45, 7) is 4.16. The second-order valence-corrected chi connectivity index (χ2v) is 6.37. The van der Waals surface area contributed by atoms with Gasteiger partial charge in [0.15, 0.2) is 0 Å². The lowest BCUT2D eigenvalue weighted by Crippen LogP contribution is -2.28. The smallest absolute Gasteiger partial charge is 0.128 e. The summed E-state index contributed by atoms with van der Waals surface area (Å²) in [5, 5.41) is 11.0. The quantitative estimate of drug-likeness (QED) is 0.605. The van der Waals surface area contributed by atoms with Crippen LogP contribution in [0.5, 0.6) is 0 Å². The minimum absolute atomic E-state index is 0.608. The molecule has 0 fully saturated rings. The van der Waals surface area contributed by atoms with Crippen LogP contribution in [0.1, 0.15) is 50.3 Å². The first kappa shape index (κ1) is 17.4. The molecule has 0 N–H and O–H groups in total. The maximum absolute atomic E-state index is 8.91. The molecule has 0 atom stereocenters. The van der Waals surface area contributed by atoms with Crippen LogP contribution in [0.4, 0.5) is 5.82 Å². The zero-order valence-corrected chi connectivity index (χ0v) is 14.6. The maximum atomic E-state index is 8.91. The minimum Gasteiger partial charge on any atom is -0.356 e. The summed E-state index contributed by atoms with van der Waals surface area (Å²) in [5.41, 5.74) is 3.63. The monoisotopic (exact) mass is 328 g/mol. The van der Waals surface area contributed by atoms with E-state index >= 15 is 0 Å². The van der Waals surface area contributed by atoms with Gasteiger partial charge in [-0.05, 0) is 18.6 Å². The summed E-state index contributed by atoms with van der Waals surface area (Å²) in [6, 6.07) is 5.92. The van der Waals surface area contributed by atoms with Gasteiger partial charge in [0.2, 0.25) is 0 Å². The van der Waals surface area contributed by atoms with E-state index in [1.165, 1.54) is 32.1 Å². The molecule has 5 heteroatoms. The van der Waals surface area contributed by atoms with Crippen molar-refractivity contribution >= 4 is 17.2 Å². The topological polar surface area (TPSA) is 52.8 Å². The van der Waals surface area contributed by atoms with Gasteiger partial charge < -0.3 is 4.90 Å². The number of hydrogen-bond acceptors (Lipinski definition) is 5. The van der Waals surface area contributed by atoms with E-state index in [1.807, 2.05) is 17.6 Å². The van der Waals surface area contributed by atoms with E-state index in [9.17, 15) is 0 Å². The number of unbranched alkanes of at least 4 members (excludes halogenated alkanes) is 4. The average Bonchev–Trinajstić information content (AvgIpc) is 3.11. The van der Waals surface area contributed by atoms with Gasteiger partial charge in [-0.1, -0.05) is 32.6 Å². The van der Waals surface area contributed by atoms with Crippen LogP contribution >= 0.6 is 11.3 Å². The molecule has 2 rings (SSSR count). The van der Waals surface area contributed by atoms with Gasteiger partial charge in [-0.15, -0.1) is 11.3 Å². The van der Waals surface area contributed by atoms with Gasteiger partial charge in [-0.3, -0.25) is 0 Å². The van der Waals surface area contributed by atoms with Crippen molar-refractivity contribution in [2.75, 3.05) is 18.0 Å². The van der Waals surface area contributed by atoms with Crippen molar-refractivity contribution in [2.45, 2.75) is 45.4 Å². The first-order chi connectivity index (χ1) is 11.3. The zero-order valence-electron chi connectivity index (χ0n) is 13.7. The number of anilines is 1. The Morgan fingerprint density at radius 2 is 2.00 bits per heavy atom. The highest BCUT2D eigenvalue weighted by molar-refractivity contribution is 7.07. The molecule has 0 saturated heterocycles. The largest absolute Gasteiger partial charge is 0.356 e. The molecular formula is C18H24N4S. The Kier molecular flexibility index (Phi) is 7.55. The van der Waals surface area contributed by atoms with E-state index in [0.717, 1.165) is 31.0 Å². The molecule has 122 valence electrons. The Morgan fingerprint density at radius 1 is 1.13 bits per heavy atom. The van der Waals surface area contributed by atoms with Crippen molar-refractivity contribution in [1.29, 1.82) is 5.26 Å². The third-order valence-electron chi connectivity index (χ3n) is 3.85. The van der Waals surface area contributed by atoms with Crippen LogP contribution in [0.25, 0.3) is 0 Å². The summed E-state index contributed by atoms with van der Waals surface area (Å²) in [4.78, 5) is 11.1. The fraction of sp³-hybridized carbons (Fsp3) is 0.500. The molecule has 0 aliphatic carbocycles. The number of nitriles is 1. The number of thiazole rings is 1. The summed E-state index contributed by atoms with van der Waals surface area (Å²) in [5.74, 6) is 0.953. The lowest BCUT2D eigenvalue weighted by atomic mass is 10.1. The van der Waals surface area contributed by atoms with Crippen molar-refractivity contribution in [3.8, 4) is 6.07 Å². The number of nitrogens with zero attached hydrogens (tertiary/aromatic N) is 4. The molecule has 0 aliphatic rings. The van der Waals surface area contributed by atoms with Gasteiger partial charge in [0.05, 0.1) is 16.8 Å². The van der Waals surface area contributed by atoms with Crippen LogP contribution in [-0.4, -0.2) is 23.1 Å². The van der Waals surface area contributed by atoms with E-state index in [1.54, 1.807) is 17.5 Å². The Hall–Kier alpha value is -1.93. The Bertz CT molecular complexity index is 586. The average molecular weight is 328 g/mol. The van der Waals surface area contributed by atoms with E-state index < -0.39 is 0 Å². The summed E-state index contributed by atoms with van der Waals surface area (Å²) >= 11 is 1.64. The van der Waals surface area contributed by atoms with Crippen molar-refractivity contribution in [3.63, 3.8) is 0 Å². The molecule has 2 aromatic rings. The maximum Gasteiger partial charge on any atom is 0.128 e. The predicted octanol–water partition coefficient (Wildman–Crippen LogP) is 4.43. The van der Waals surface area contributed by atoms with Crippen LogP contribution < -0.4 is 4.90 Å². The molecule has 4 nitrogen and oxygen atoms in total. The summed E-state index contributed by atoms with van der Waals surface area (Å²) in [7, 11) is 0. The standard InChI is InChI=1S/C18H24N4S/c1-2-3-4-5-6-10-22(11-9-17-14-23-15-21-17)18-8-7-16(12-19)13-20-18/h7-8,13-15H,2-6,9-11H2,1H3. The molecule has 0 bridgehead atoms. The summed E-state index contributed by atoms with van der Waals surface area (Å²) in [6.07, 6.45) is 8.91. The molecule has 23 heavy (non-hydrogen) atoms. The van der Waals surface area contributed by atoms with Crippen LogP contribution in [-0.2, 0) is 6.42 Å². The molecule has 0 saturated carbocycles. The zero-order chi connectivity index (χ0) is 16.3. The van der Waals surface area contributed by atoms with Gasteiger partial charge in [0.25, 0.3) is 0 Å². The Labute approximate surface area is 142 Å². The van der Waals surface area contributed by atoms with Gasteiger partial charge in [0.1, 0.15) is 11.9 Å². The lowest BCUT2D eigenvalue weighted by Gasteiger charge is -2.23. The normalized spacial score (nSPS) is 10.4. The first-order valence-electron chi connectivity index (χ1n) is 8.31. The highest BCUT2D eigenvalue weighted by Gasteiger charge is 2.09. The fourth-order valence-electron chi connectivity index (χ4n) is 2.50. The van der Waals surface area contributed by atoms with Gasteiger partial charge in [-0.2, -0.15) is 5.26 Å². The molecule has 2 heterocycles. The molecule has 0 amide bonds. The van der Waals surface area contributed by atoms with Crippen molar-refractivity contribution in [3.05, 3.63) is 40.5 Å². The van der Waals surface area contributed by atoms with Crippen molar-refractivity contribution in [1.82, 2.24) is 9.97 Å². The first-order valence-corrected chi connectivity index (χ1v) is 9.26. The van der Waals surface area contributed by atoms with Crippen molar-refractivity contribution in [2.24, 2.45) is 0 Å². The highest BCUT2D eigenvalue weighted by atomic mass is 32.1. The molecule has 0 aliphatic heterocycles. The van der Waals surface area contributed by atoms with Gasteiger partial charge >= 0.3 is 0 Å². The molecule has 2 aromatic heterocycles. The Morgan fingerprint density at radius 3 is 2.65 bits per heavy atom. The lowest BCUT2D eigenvalue weighted by molar-refractivity contribution is 0.614. The van der Waals surface area contributed by atoms with E-state index in [2.05, 4.69) is 33.2 Å². The van der Waals surface area contributed by atoms with E-state index in [0.29, 0.717) is 5.56 Å². The molecule has 0 spiro atoms. The fourth-order valence-corrected chi connectivity index (χ4v) is 3.09. The third kappa shape index (κ3) is 5.99. The van der Waals surface area contributed by atoms with Crippen LogP contribution in [0.2, 0.25) is 0 Å². The van der Waals surface area contributed by atoms with Crippen LogP contribution in [0.15, 0.2) is 29.2 Å². The van der Waals surface area contributed by atoms with Crippen LogP contribution in [0.3, 0.4) is 0 Å². The van der Waals surface area contributed by atoms with E-state index in [4.69, 9.17) is 5.26 Å². The SMILES string of the molecule is CCCCCCCN(CCc1cscn1)c1ccc(C#N)cn1. The number of aromatic nitrogens is 2. The highest BCUT2D eigenvalue weighted by Crippen LogP contribution is 2.14. The number of rotatable bonds is 10. The van der Waals surface area contributed by atoms with Gasteiger partial charge in [-0.25, -0.2) is 9.97 Å². The summed E-state index contributed by atoms with van der Waals surface area (Å²) < 4.78 is 0. The molecule has 0 radical (unpaired) electrons. The minimum atomic E-state index is 0.608. The third-order valence-corrected chi connectivity index (χ3v) is 4.49. The second kappa shape index (κ2) is 9.96. The van der Waals surface area contributed by atoms with Crippen LogP contribution in [0, 0.1) is 11.3 Å². The molecule has 0 aromatic carbocycles. The Balaban J connectivity index is 1.93. The second-order valence-electron chi connectivity index (χ2n) is 5.65. The van der Waals surface area contributed by atoms with E-state index in [-0.39, 0.29) is 0 Å². The predicted molar refractivity (Wildman–Crippen MR) is 95.7 cm³/mol. The molecular weight excluding hydrogens is 304 g/mol. The number of pyridine rings is 1. The van der Waals surface area contributed by atoms with Gasteiger partial charge in [0, 0.05) is 31.1 Å². The number of hydrogen-bond donors (Lipinski definition) is 0.